The summed E-state index contributed by atoms with van der Waals surface area (Å²) < 4.78 is 1.58. The van der Waals surface area contributed by atoms with Gasteiger partial charge < -0.3 is 10.2 Å². The van der Waals surface area contributed by atoms with Crippen molar-refractivity contribution in [2.75, 3.05) is 18.4 Å². The molecule has 1 aromatic heterocycles. The summed E-state index contributed by atoms with van der Waals surface area (Å²) in [5, 5.41) is 7.15. The maximum atomic E-state index is 12.3. The van der Waals surface area contributed by atoms with Gasteiger partial charge in [-0.2, -0.15) is 5.10 Å². The van der Waals surface area contributed by atoms with Crippen molar-refractivity contribution in [2.45, 2.75) is 38.5 Å². The number of likely N-dealkylation sites (tertiary alicyclic amines) is 1. The Bertz CT molecular complexity index is 540. The summed E-state index contributed by atoms with van der Waals surface area (Å²) >= 11 is 0. The molecule has 6 nitrogen and oxygen atoms in total. The highest BCUT2D eigenvalue weighted by molar-refractivity contribution is 5.96. The van der Waals surface area contributed by atoms with E-state index in [0.29, 0.717) is 11.5 Å². The number of hydrogen-bond donors (Lipinski definition) is 1. The molecular formula is C15H22N4O2. The molecule has 114 valence electrons. The zero-order valence-corrected chi connectivity index (χ0v) is 12.5. The molecule has 6 heteroatoms. The van der Waals surface area contributed by atoms with E-state index in [2.05, 4.69) is 10.4 Å². The lowest BCUT2D eigenvalue weighted by molar-refractivity contribution is -0.119. The van der Waals surface area contributed by atoms with Gasteiger partial charge in [0, 0.05) is 32.1 Å². The minimum atomic E-state index is -0.0375. The number of aryl methyl sites for hydroxylation is 1. The number of hydrogen-bond acceptors (Lipinski definition) is 3. The second-order valence-corrected chi connectivity index (χ2v) is 6.01. The summed E-state index contributed by atoms with van der Waals surface area (Å²) in [5.41, 5.74) is 0.418. The summed E-state index contributed by atoms with van der Waals surface area (Å²) in [6.07, 6.45) is 6.30. The Morgan fingerprint density at radius 1 is 1.19 bits per heavy atom. The molecule has 2 amide bonds. The van der Waals surface area contributed by atoms with Crippen LogP contribution < -0.4 is 5.32 Å². The van der Waals surface area contributed by atoms with Crippen LogP contribution in [-0.2, 0) is 11.8 Å². The van der Waals surface area contributed by atoms with Crippen LogP contribution in [0, 0.1) is 5.92 Å². The number of nitrogens with one attached hydrogen (secondary N) is 1. The predicted octanol–water partition coefficient (Wildman–Crippen LogP) is 1.78. The molecule has 21 heavy (non-hydrogen) atoms. The molecule has 0 atom stereocenters. The molecule has 0 radical (unpaired) electrons. The van der Waals surface area contributed by atoms with Crippen LogP contribution in [0.3, 0.4) is 0 Å². The van der Waals surface area contributed by atoms with Crippen molar-refractivity contribution in [3.8, 4) is 0 Å². The monoisotopic (exact) mass is 290 g/mol. The third-order valence-electron chi connectivity index (χ3n) is 4.47. The first kappa shape index (κ1) is 14.1. The lowest BCUT2D eigenvalue weighted by Gasteiger charge is -2.12. The van der Waals surface area contributed by atoms with E-state index < -0.39 is 0 Å². The fourth-order valence-electron chi connectivity index (χ4n) is 3.19. The van der Waals surface area contributed by atoms with Gasteiger partial charge in [0.05, 0.1) is 0 Å². The molecule has 2 heterocycles. The number of rotatable bonds is 3. The van der Waals surface area contributed by atoms with Crippen LogP contribution in [0.1, 0.15) is 49.0 Å². The normalized spacial score (nSPS) is 19.2. The third kappa shape index (κ3) is 2.94. The van der Waals surface area contributed by atoms with Crippen LogP contribution in [0.4, 0.5) is 5.82 Å². The van der Waals surface area contributed by atoms with Crippen molar-refractivity contribution in [3.05, 3.63) is 11.8 Å². The van der Waals surface area contributed by atoms with Gasteiger partial charge in [0.15, 0.2) is 5.69 Å². The Hall–Kier alpha value is -1.85. The van der Waals surface area contributed by atoms with Crippen LogP contribution in [0.15, 0.2) is 6.07 Å². The average Bonchev–Trinajstić information content (AvgIpc) is 3.20. The molecule has 1 N–H and O–H groups in total. The van der Waals surface area contributed by atoms with Crippen molar-refractivity contribution in [3.63, 3.8) is 0 Å². The topological polar surface area (TPSA) is 67.2 Å². The highest BCUT2D eigenvalue weighted by atomic mass is 16.2. The van der Waals surface area contributed by atoms with Gasteiger partial charge in [-0.1, -0.05) is 12.8 Å². The first-order valence-electron chi connectivity index (χ1n) is 7.79. The van der Waals surface area contributed by atoms with Gasteiger partial charge in [-0.05, 0) is 25.7 Å². The molecule has 1 aliphatic carbocycles. The van der Waals surface area contributed by atoms with E-state index in [1.54, 1.807) is 17.8 Å². The number of amides is 2. The molecule has 0 aromatic carbocycles. The first-order chi connectivity index (χ1) is 10.1. The minimum Gasteiger partial charge on any atom is -0.337 e. The summed E-state index contributed by atoms with van der Waals surface area (Å²) in [6, 6.07) is 1.69. The zero-order valence-electron chi connectivity index (χ0n) is 12.5. The molecule has 0 spiro atoms. The van der Waals surface area contributed by atoms with Crippen molar-refractivity contribution >= 4 is 17.6 Å². The van der Waals surface area contributed by atoms with E-state index in [4.69, 9.17) is 0 Å². The summed E-state index contributed by atoms with van der Waals surface area (Å²) in [6.45, 7) is 1.61. The lowest BCUT2D eigenvalue weighted by Crippen LogP contribution is -2.28. The van der Waals surface area contributed by atoms with Gasteiger partial charge in [-0.25, -0.2) is 0 Å². The number of aromatic nitrogens is 2. The fourth-order valence-corrected chi connectivity index (χ4v) is 3.19. The van der Waals surface area contributed by atoms with Gasteiger partial charge in [0.1, 0.15) is 5.82 Å². The van der Waals surface area contributed by atoms with Crippen LogP contribution in [0.5, 0.6) is 0 Å². The van der Waals surface area contributed by atoms with E-state index in [9.17, 15) is 9.59 Å². The van der Waals surface area contributed by atoms with Gasteiger partial charge in [0.25, 0.3) is 5.91 Å². The fraction of sp³-hybridized carbons (Fsp3) is 0.667. The molecule has 0 bridgehead atoms. The van der Waals surface area contributed by atoms with Crippen molar-refractivity contribution in [1.82, 2.24) is 14.7 Å². The molecule has 2 fully saturated rings. The average molecular weight is 290 g/mol. The van der Waals surface area contributed by atoms with E-state index >= 15 is 0 Å². The van der Waals surface area contributed by atoms with E-state index in [1.807, 2.05) is 4.90 Å². The van der Waals surface area contributed by atoms with Crippen molar-refractivity contribution < 1.29 is 9.59 Å². The predicted molar refractivity (Wildman–Crippen MR) is 78.9 cm³/mol. The molecule has 2 aliphatic rings. The Balaban J connectivity index is 1.68. The summed E-state index contributed by atoms with van der Waals surface area (Å²) in [7, 11) is 1.75. The Labute approximate surface area is 124 Å². The number of carbonyl (C=O) groups excluding carboxylic acids is 2. The van der Waals surface area contributed by atoms with Crippen LogP contribution in [-0.4, -0.2) is 39.6 Å². The molecule has 1 saturated carbocycles. The van der Waals surface area contributed by atoms with Crippen LogP contribution >= 0.6 is 0 Å². The quantitative estimate of drug-likeness (QED) is 0.922. The highest BCUT2D eigenvalue weighted by Gasteiger charge is 2.25. The van der Waals surface area contributed by atoms with E-state index in [0.717, 1.165) is 51.6 Å². The van der Waals surface area contributed by atoms with Gasteiger partial charge in [-0.15, -0.1) is 0 Å². The van der Waals surface area contributed by atoms with Gasteiger partial charge >= 0.3 is 0 Å². The Kier molecular flexibility index (Phi) is 3.94. The number of anilines is 1. The largest absolute Gasteiger partial charge is 0.337 e. The van der Waals surface area contributed by atoms with E-state index in [1.165, 1.54) is 0 Å². The Morgan fingerprint density at radius 3 is 2.52 bits per heavy atom. The van der Waals surface area contributed by atoms with E-state index in [-0.39, 0.29) is 17.7 Å². The lowest BCUT2D eigenvalue weighted by atomic mass is 10.1. The third-order valence-corrected chi connectivity index (χ3v) is 4.47. The number of nitrogens with zero attached hydrogens (tertiary/aromatic N) is 3. The molecular weight excluding hydrogens is 268 g/mol. The van der Waals surface area contributed by atoms with Gasteiger partial charge in [-0.3, -0.25) is 14.3 Å². The van der Waals surface area contributed by atoms with Gasteiger partial charge in [0.2, 0.25) is 5.91 Å². The Morgan fingerprint density at radius 2 is 1.86 bits per heavy atom. The summed E-state index contributed by atoms with van der Waals surface area (Å²) in [4.78, 5) is 26.3. The summed E-state index contributed by atoms with van der Waals surface area (Å²) in [5.74, 6) is 0.729. The highest BCUT2D eigenvalue weighted by Crippen LogP contribution is 2.26. The van der Waals surface area contributed by atoms with Crippen LogP contribution in [0.25, 0.3) is 0 Å². The van der Waals surface area contributed by atoms with Crippen molar-refractivity contribution in [1.29, 1.82) is 0 Å². The smallest absolute Gasteiger partial charge is 0.274 e. The van der Waals surface area contributed by atoms with Crippen LogP contribution in [0.2, 0.25) is 0 Å². The van der Waals surface area contributed by atoms with Crippen molar-refractivity contribution in [2.24, 2.45) is 13.0 Å². The second-order valence-electron chi connectivity index (χ2n) is 6.01. The molecule has 1 aliphatic heterocycles. The maximum absolute atomic E-state index is 12.3. The molecule has 3 rings (SSSR count). The SMILES string of the molecule is Cn1nc(C(=O)N2CCCC2)cc1NC(=O)C1CCCC1. The molecule has 1 aromatic rings. The molecule has 1 saturated heterocycles. The molecule has 0 unspecified atom stereocenters. The minimum absolute atomic E-state index is 0.0375. The standard InChI is InChI=1S/C15H22N4O2/c1-18-13(16-14(20)11-6-2-3-7-11)10-12(17-18)15(21)19-8-4-5-9-19/h10-11H,2-9H2,1H3,(H,16,20). The zero-order chi connectivity index (χ0) is 14.8. The first-order valence-corrected chi connectivity index (χ1v) is 7.79. The second kappa shape index (κ2) is 5.87. The number of carbonyl (C=O) groups is 2. The maximum Gasteiger partial charge on any atom is 0.274 e.